The molecule has 0 aromatic carbocycles. The van der Waals surface area contributed by atoms with Crippen LogP contribution in [0.25, 0.3) is 0 Å². The van der Waals surface area contributed by atoms with E-state index in [-0.39, 0.29) is 24.0 Å². The molecule has 9 heteroatoms. The predicted molar refractivity (Wildman–Crippen MR) is 104 cm³/mol. The first-order valence-corrected chi connectivity index (χ1v) is 9.72. The highest BCUT2D eigenvalue weighted by molar-refractivity contribution is 5.79. The fourth-order valence-electron chi connectivity index (χ4n) is 3.45. The van der Waals surface area contributed by atoms with E-state index in [1.54, 1.807) is 19.2 Å². The molecule has 0 unspecified atom stereocenters. The van der Waals surface area contributed by atoms with Gasteiger partial charge in [-0.25, -0.2) is 4.98 Å². The summed E-state index contributed by atoms with van der Waals surface area (Å²) in [6.07, 6.45) is 4.79. The van der Waals surface area contributed by atoms with Gasteiger partial charge in [0.2, 0.25) is 11.8 Å². The van der Waals surface area contributed by atoms with Gasteiger partial charge in [0.1, 0.15) is 5.82 Å². The van der Waals surface area contributed by atoms with Crippen molar-refractivity contribution < 1.29 is 14.1 Å². The third-order valence-electron chi connectivity index (χ3n) is 4.91. The standard InChI is InChI=1S/C19H28N6O3/c1-3-9-27-16-7-6-13(10-15(16)24-19-23-12(2)28-25-19)18(26)22-11-14-5-4-8-21-17(14)20/h4-5,8,13,15-16H,3,6-7,9-11H2,1-2H3,(H2,20,21)(H,22,26)(H,24,25)/t13-,15+,16+/m0/s1. The number of nitrogen functional groups attached to an aromatic ring is 1. The maximum Gasteiger partial charge on any atom is 0.263 e. The van der Waals surface area contributed by atoms with Crippen LogP contribution in [0.1, 0.15) is 44.1 Å². The molecule has 2 aromatic heterocycles. The van der Waals surface area contributed by atoms with Crippen molar-refractivity contribution in [1.82, 2.24) is 20.4 Å². The van der Waals surface area contributed by atoms with E-state index in [1.807, 2.05) is 6.07 Å². The minimum Gasteiger partial charge on any atom is -0.383 e. The van der Waals surface area contributed by atoms with Gasteiger partial charge in [0.05, 0.1) is 12.1 Å². The lowest BCUT2D eigenvalue weighted by Gasteiger charge is -2.35. The Bertz CT molecular complexity index is 781. The molecule has 0 radical (unpaired) electrons. The third kappa shape index (κ3) is 5.19. The van der Waals surface area contributed by atoms with Crippen LogP contribution in [0.15, 0.2) is 22.9 Å². The van der Waals surface area contributed by atoms with Crippen LogP contribution in [0.2, 0.25) is 0 Å². The summed E-state index contributed by atoms with van der Waals surface area (Å²) >= 11 is 0. The van der Waals surface area contributed by atoms with Gasteiger partial charge in [-0.1, -0.05) is 13.0 Å². The molecule has 0 spiro atoms. The number of aryl methyl sites for hydroxylation is 1. The monoisotopic (exact) mass is 388 g/mol. The van der Waals surface area contributed by atoms with Crippen molar-refractivity contribution in [2.45, 2.75) is 58.2 Å². The Labute approximate surface area is 164 Å². The van der Waals surface area contributed by atoms with E-state index < -0.39 is 0 Å². The summed E-state index contributed by atoms with van der Waals surface area (Å²) < 4.78 is 11.0. The molecule has 1 aliphatic carbocycles. The summed E-state index contributed by atoms with van der Waals surface area (Å²) in [5.41, 5.74) is 6.66. The molecule has 9 nitrogen and oxygen atoms in total. The number of anilines is 2. The number of carbonyl (C=O) groups excluding carboxylic acids is 1. The van der Waals surface area contributed by atoms with E-state index in [0.29, 0.717) is 37.2 Å². The van der Waals surface area contributed by atoms with Gasteiger partial charge in [0.15, 0.2) is 0 Å². The normalized spacial score (nSPS) is 22.0. The summed E-state index contributed by atoms with van der Waals surface area (Å²) in [5.74, 6) is 1.24. The van der Waals surface area contributed by atoms with E-state index in [1.165, 1.54) is 0 Å². The average Bonchev–Trinajstić information content (AvgIpc) is 3.10. The number of nitrogens with zero attached hydrogens (tertiary/aromatic N) is 3. The number of carbonyl (C=O) groups is 1. The van der Waals surface area contributed by atoms with Crippen LogP contribution in [0, 0.1) is 12.8 Å². The number of pyridine rings is 1. The lowest BCUT2D eigenvalue weighted by molar-refractivity contribution is -0.127. The molecule has 3 atom stereocenters. The Morgan fingerprint density at radius 2 is 2.29 bits per heavy atom. The number of hydrogen-bond donors (Lipinski definition) is 3. The van der Waals surface area contributed by atoms with Crippen LogP contribution < -0.4 is 16.4 Å². The Morgan fingerprint density at radius 3 is 3.00 bits per heavy atom. The van der Waals surface area contributed by atoms with Gasteiger partial charge >= 0.3 is 0 Å². The van der Waals surface area contributed by atoms with Gasteiger partial charge in [0.25, 0.3) is 5.95 Å². The Balaban J connectivity index is 1.60. The highest BCUT2D eigenvalue weighted by atomic mass is 16.5. The van der Waals surface area contributed by atoms with Gasteiger partial charge in [-0.15, -0.1) is 0 Å². The van der Waals surface area contributed by atoms with Crippen molar-refractivity contribution in [3.63, 3.8) is 0 Å². The predicted octanol–water partition coefficient (Wildman–Crippen LogP) is 2.05. The minimum absolute atomic E-state index is 0.00767. The second kappa shape index (κ2) is 9.50. The van der Waals surface area contributed by atoms with Crippen LogP contribution in [-0.4, -0.2) is 39.8 Å². The molecule has 3 rings (SSSR count). The zero-order chi connectivity index (χ0) is 19.9. The number of hydrogen-bond acceptors (Lipinski definition) is 8. The van der Waals surface area contributed by atoms with Crippen molar-refractivity contribution in [2.24, 2.45) is 5.92 Å². The number of nitrogens with one attached hydrogen (secondary N) is 2. The lowest BCUT2D eigenvalue weighted by Crippen LogP contribution is -2.45. The largest absolute Gasteiger partial charge is 0.383 e. The van der Waals surface area contributed by atoms with Gasteiger partial charge in [-0.05, 0) is 36.9 Å². The molecule has 1 aliphatic rings. The summed E-state index contributed by atoms with van der Waals surface area (Å²) in [6, 6.07) is 3.61. The molecule has 1 amide bonds. The van der Waals surface area contributed by atoms with Gasteiger partial charge in [-0.3, -0.25) is 4.79 Å². The molecule has 0 aliphatic heterocycles. The van der Waals surface area contributed by atoms with E-state index in [4.69, 9.17) is 15.0 Å². The molecule has 0 bridgehead atoms. The fraction of sp³-hybridized carbons (Fsp3) is 0.579. The molecule has 152 valence electrons. The maximum absolute atomic E-state index is 12.7. The van der Waals surface area contributed by atoms with Crippen LogP contribution in [0.3, 0.4) is 0 Å². The molecular formula is C19H28N6O3. The minimum atomic E-state index is -0.120. The van der Waals surface area contributed by atoms with Crippen molar-refractivity contribution in [1.29, 1.82) is 0 Å². The molecule has 4 N–H and O–H groups in total. The first-order valence-electron chi connectivity index (χ1n) is 9.72. The second-order valence-electron chi connectivity index (χ2n) is 7.07. The first kappa shape index (κ1) is 20.1. The summed E-state index contributed by atoms with van der Waals surface area (Å²) in [5, 5.41) is 10.2. The van der Waals surface area contributed by atoms with Crippen LogP contribution in [0.4, 0.5) is 11.8 Å². The SMILES string of the molecule is CCCO[C@@H]1CC[C@H](C(=O)NCc2cccnc2N)C[C@H]1Nc1noc(C)n1. The quantitative estimate of drug-likeness (QED) is 0.627. The molecule has 0 saturated heterocycles. The fourth-order valence-corrected chi connectivity index (χ4v) is 3.45. The smallest absolute Gasteiger partial charge is 0.263 e. The number of amides is 1. The number of rotatable bonds is 8. The Morgan fingerprint density at radius 1 is 1.43 bits per heavy atom. The van der Waals surface area contributed by atoms with Crippen molar-refractivity contribution in [2.75, 3.05) is 17.7 Å². The van der Waals surface area contributed by atoms with Gasteiger partial charge in [0, 0.05) is 37.8 Å². The van der Waals surface area contributed by atoms with Crippen molar-refractivity contribution in [3.8, 4) is 0 Å². The topological polar surface area (TPSA) is 128 Å². The lowest BCUT2D eigenvalue weighted by atomic mass is 9.83. The number of nitrogens with two attached hydrogens (primary N) is 1. The maximum atomic E-state index is 12.7. The van der Waals surface area contributed by atoms with Crippen molar-refractivity contribution in [3.05, 3.63) is 29.8 Å². The van der Waals surface area contributed by atoms with E-state index in [2.05, 4.69) is 32.7 Å². The molecule has 2 heterocycles. The van der Waals surface area contributed by atoms with Gasteiger partial charge in [-0.2, -0.15) is 4.98 Å². The van der Waals surface area contributed by atoms with Gasteiger partial charge < -0.3 is 25.6 Å². The average molecular weight is 388 g/mol. The highest BCUT2D eigenvalue weighted by Crippen LogP contribution is 2.29. The Hall–Kier alpha value is -2.68. The zero-order valence-electron chi connectivity index (χ0n) is 16.4. The third-order valence-corrected chi connectivity index (χ3v) is 4.91. The molecular weight excluding hydrogens is 360 g/mol. The second-order valence-corrected chi connectivity index (χ2v) is 7.07. The van der Waals surface area contributed by atoms with E-state index >= 15 is 0 Å². The van der Waals surface area contributed by atoms with Crippen LogP contribution >= 0.6 is 0 Å². The highest BCUT2D eigenvalue weighted by Gasteiger charge is 2.35. The molecule has 2 aromatic rings. The van der Waals surface area contributed by atoms with E-state index in [9.17, 15) is 4.79 Å². The summed E-state index contributed by atoms with van der Waals surface area (Å²) in [7, 11) is 0. The number of aromatic nitrogens is 3. The molecule has 1 saturated carbocycles. The molecule has 28 heavy (non-hydrogen) atoms. The number of ether oxygens (including phenoxy) is 1. The Kier molecular flexibility index (Phi) is 6.80. The first-order chi connectivity index (χ1) is 13.6. The zero-order valence-corrected chi connectivity index (χ0v) is 16.4. The van der Waals surface area contributed by atoms with Crippen LogP contribution in [0.5, 0.6) is 0 Å². The van der Waals surface area contributed by atoms with Crippen molar-refractivity contribution >= 4 is 17.7 Å². The summed E-state index contributed by atoms with van der Waals surface area (Å²) in [4.78, 5) is 21.0. The molecule has 1 fully saturated rings. The summed E-state index contributed by atoms with van der Waals surface area (Å²) in [6.45, 7) is 4.87. The van der Waals surface area contributed by atoms with E-state index in [0.717, 1.165) is 24.8 Å². The van der Waals surface area contributed by atoms with Crippen LogP contribution in [-0.2, 0) is 16.1 Å².